The molecule has 0 aromatic carbocycles. The quantitative estimate of drug-likeness (QED) is 0.891. The summed E-state index contributed by atoms with van der Waals surface area (Å²) in [5.74, 6) is 0. The number of hydrogen-bond acceptors (Lipinski definition) is 5. The van der Waals surface area contributed by atoms with Crippen molar-refractivity contribution < 1.29 is 0 Å². The van der Waals surface area contributed by atoms with Gasteiger partial charge >= 0.3 is 0 Å². The van der Waals surface area contributed by atoms with Gasteiger partial charge in [0.2, 0.25) is 0 Å². The first-order valence-corrected chi connectivity index (χ1v) is 6.46. The lowest BCUT2D eigenvalue weighted by Crippen LogP contribution is -2.12. The Hall–Kier alpha value is -0.780. The number of thiazole rings is 2. The zero-order valence-corrected chi connectivity index (χ0v) is 10.4. The van der Waals surface area contributed by atoms with Gasteiger partial charge < -0.3 is 5.32 Å². The first-order valence-electron chi connectivity index (χ1n) is 4.76. The van der Waals surface area contributed by atoms with E-state index in [0.717, 1.165) is 18.1 Å². The average molecular weight is 239 g/mol. The zero-order chi connectivity index (χ0) is 10.7. The number of rotatable bonds is 4. The first-order chi connectivity index (χ1) is 7.25. The van der Waals surface area contributed by atoms with E-state index in [-0.39, 0.29) is 0 Å². The maximum absolute atomic E-state index is 4.47. The van der Waals surface area contributed by atoms with Crippen molar-refractivity contribution in [1.29, 1.82) is 0 Å². The van der Waals surface area contributed by atoms with Crippen LogP contribution in [0.25, 0.3) is 0 Å². The van der Waals surface area contributed by atoms with E-state index >= 15 is 0 Å². The normalized spacial score (nSPS) is 10.8. The molecule has 0 atom stereocenters. The van der Waals surface area contributed by atoms with Gasteiger partial charge in [-0.25, -0.2) is 4.98 Å². The van der Waals surface area contributed by atoms with Gasteiger partial charge in [-0.15, -0.1) is 22.7 Å². The van der Waals surface area contributed by atoms with Gasteiger partial charge in [-0.3, -0.25) is 4.98 Å². The predicted molar refractivity (Wildman–Crippen MR) is 64.2 cm³/mol. The Balaban J connectivity index is 1.86. The molecule has 0 amide bonds. The Morgan fingerprint density at radius 3 is 2.80 bits per heavy atom. The van der Waals surface area contributed by atoms with Crippen molar-refractivity contribution in [1.82, 2.24) is 15.3 Å². The van der Waals surface area contributed by atoms with E-state index in [4.69, 9.17) is 0 Å². The molecule has 0 radical (unpaired) electrons. The fourth-order valence-electron chi connectivity index (χ4n) is 1.37. The molecule has 0 saturated heterocycles. The minimum Gasteiger partial charge on any atom is -0.306 e. The molecule has 0 aliphatic rings. The van der Waals surface area contributed by atoms with Gasteiger partial charge in [-0.05, 0) is 13.8 Å². The number of aryl methyl sites for hydroxylation is 2. The lowest BCUT2D eigenvalue weighted by atomic mass is 10.4. The third kappa shape index (κ3) is 2.84. The van der Waals surface area contributed by atoms with Gasteiger partial charge in [0.05, 0.1) is 16.2 Å². The molecule has 0 fully saturated rings. The highest BCUT2D eigenvalue weighted by molar-refractivity contribution is 7.11. The van der Waals surface area contributed by atoms with Crippen molar-refractivity contribution >= 4 is 22.7 Å². The van der Waals surface area contributed by atoms with E-state index in [9.17, 15) is 0 Å². The van der Waals surface area contributed by atoms with Crippen LogP contribution in [0, 0.1) is 13.8 Å². The van der Waals surface area contributed by atoms with Crippen molar-refractivity contribution in [2.75, 3.05) is 0 Å². The molecular formula is C10H13N3S2. The van der Waals surface area contributed by atoms with Gasteiger partial charge in [0.1, 0.15) is 0 Å². The summed E-state index contributed by atoms with van der Waals surface area (Å²) in [7, 11) is 0. The standard InChI is InChI=1S/C10H13N3S2/c1-7-10(13-8(2)15-7)5-11-3-9-4-12-6-14-9/h4,6,11H,3,5H2,1-2H3. The van der Waals surface area contributed by atoms with Crippen LogP contribution in [-0.2, 0) is 13.1 Å². The minimum atomic E-state index is 0.841. The molecule has 0 saturated carbocycles. The summed E-state index contributed by atoms with van der Waals surface area (Å²) in [5, 5.41) is 4.51. The van der Waals surface area contributed by atoms with Crippen LogP contribution in [-0.4, -0.2) is 9.97 Å². The van der Waals surface area contributed by atoms with Crippen LogP contribution >= 0.6 is 22.7 Å². The summed E-state index contributed by atoms with van der Waals surface area (Å²) in [5.41, 5.74) is 3.02. The number of hydrogen-bond donors (Lipinski definition) is 1. The molecule has 2 aromatic rings. The second kappa shape index (κ2) is 4.83. The molecule has 2 heterocycles. The van der Waals surface area contributed by atoms with Crippen LogP contribution in [0.3, 0.4) is 0 Å². The molecule has 3 nitrogen and oxygen atoms in total. The summed E-state index contributed by atoms with van der Waals surface area (Å²) in [4.78, 5) is 11.1. The lowest BCUT2D eigenvalue weighted by Gasteiger charge is -2.00. The molecule has 80 valence electrons. The van der Waals surface area contributed by atoms with Gasteiger partial charge in [-0.1, -0.05) is 0 Å². The predicted octanol–water partition coefficient (Wildman–Crippen LogP) is 2.51. The number of nitrogens with one attached hydrogen (secondary N) is 1. The Bertz CT molecular complexity index is 420. The second-order valence-corrected chi connectivity index (χ2v) is 5.69. The summed E-state index contributed by atoms with van der Waals surface area (Å²) in [6.45, 7) is 5.88. The molecular weight excluding hydrogens is 226 g/mol. The van der Waals surface area contributed by atoms with Gasteiger partial charge in [0.15, 0.2) is 0 Å². The van der Waals surface area contributed by atoms with Crippen LogP contribution in [0.1, 0.15) is 20.5 Å². The summed E-state index contributed by atoms with van der Waals surface area (Å²) >= 11 is 3.43. The summed E-state index contributed by atoms with van der Waals surface area (Å²) in [6, 6.07) is 0. The molecule has 2 aromatic heterocycles. The van der Waals surface area contributed by atoms with E-state index < -0.39 is 0 Å². The topological polar surface area (TPSA) is 37.8 Å². The Labute approximate surface area is 97.2 Å². The molecule has 15 heavy (non-hydrogen) atoms. The molecule has 0 bridgehead atoms. The van der Waals surface area contributed by atoms with Crippen molar-refractivity contribution in [3.8, 4) is 0 Å². The largest absolute Gasteiger partial charge is 0.306 e. The zero-order valence-electron chi connectivity index (χ0n) is 8.78. The van der Waals surface area contributed by atoms with E-state index in [1.165, 1.54) is 15.4 Å². The van der Waals surface area contributed by atoms with Gasteiger partial charge in [-0.2, -0.15) is 0 Å². The summed E-state index contributed by atoms with van der Waals surface area (Å²) in [6.07, 6.45) is 1.90. The highest BCUT2D eigenvalue weighted by atomic mass is 32.1. The molecule has 2 rings (SSSR count). The monoisotopic (exact) mass is 239 g/mol. The van der Waals surface area contributed by atoms with Crippen LogP contribution < -0.4 is 5.32 Å². The Morgan fingerprint density at radius 2 is 2.20 bits per heavy atom. The summed E-state index contributed by atoms with van der Waals surface area (Å²) < 4.78 is 0. The molecule has 5 heteroatoms. The van der Waals surface area contributed by atoms with Crippen molar-refractivity contribution in [2.24, 2.45) is 0 Å². The maximum atomic E-state index is 4.47. The first kappa shape index (κ1) is 10.7. The fourth-order valence-corrected chi connectivity index (χ4v) is 2.77. The lowest BCUT2D eigenvalue weighted by molar-refractivity contribution is 0.685. The van der Waals surface area contributed by atoms with Crippen molar-refractivity contribution in [3.05, 3.63) is 32.2 Å². The van der Waals surface area contributed by atoms with Crippen molar-refractivity contribution in [2.45, 2.75) is 26.9 Å². The SMILES string of the molecule is Cc1nc(CNCc2cncs2)c(C)s1. The third-order valence-electron chi connectivity index (χ3n) is 2.07. The minimum absolute atomic E-state index is 0.841. The van der Waals surface area contributed by atoms with E-state index in [0.29, 0.717) is 0 Å². The van der Waals surface area contributed by atoms with E-state index in [1.54, 1.807) is 22.7 Å². The molecule has 0 spiro atoms. The van der Waals surface area contributed by atoms with Crippen LogP contribution in [0.2, 0.25) is 0 Å². The average Bonchev–Trinajstić information content (AvgIpc) is 2.77. The highest BCUT2D eigenvalue weighted by Crippen LogP contribution is 2.16. The Morgan fingerprint density at radius 1 is 1.33 bits per heavy atom. The van der Waals surface area contributed by atoms with Gasteiger partial charge in [0.25, 0.3) is 0 Å². The molecule has 1 N–H and O–H groups in total. The van der Waals surface area contributed by atoms with Crippen LogP contribution in [0.4, 0.5) is 0 Å². The van der Waals surface area contributed by atoms with E-state index in [2.05, 4.69) is 22.2 Å². The number of nitrogens with zero attached hydrogens (tertiary/aromatic N) is 2. The maximum Gasteiger partial charge on any atom is 0.0900 e. The third-order valence-corrected chi connectivity index (χ3v) is 3.78. The second-order valence-electron chi connectivity index (χ2n) is 3.31. The van der Waals surface area contributed by atoms with Crippen LogP contribution in [0.5, 0.6) is 0 Å². The molecule has 0 unspecified atom stereocenters. The highest BCUT2D eigenvalue weighted by Gasteiger charge is 2.03. The smallest absolute Gasteiger partial charge is 0.0900 e. The van der Waals surface area contributed by atoms with Crippen molar-refractivity contribution in [3.63, 3.8) is 0 Å². The van der Waals surface area contributed by atoms with E-state index in [1.807, 2.05) is 18.6 Å². The van der Waals surface area contributed by atoms with Gasteiger partial charge in [0, 0.05) is 29.0 Å². The fraction of sp³-hybridized carbons (Fsp3) is 0.400. The van der Waals surface area contributed by atoms with Crippen LogP contribution in [0.15, 0.2) is 11.7 Å². The number of aromatic nitrogens is 2. The molecule has 0 aliphatic heterocycles. The Kier molecular flexibility index (Phi) is 3.45. The molecule has 0 aliphatic carbocycles.